The fraction of sp³-hybridized carbons (Fsp3) is 0.438. The van der Waals surface area contributed by atoms with Crippen molar-refractivity contribution in [1.29, 1.82) is 0 Å². The molecule has 108 valence electrons. The Morgan fingerprint density at radius 1 is 1.30 bits per heavy atom. The van der Waals surface area contributed by atoms with Crippen LogP contribution in [0.1, 0.15) is 31.2 Å². The van der Waals surface area contributed by atoms with Crippen molar-refractivity contribution in [2.24, 2.45) is 5.92 Å². The fourth-order valence-electron chi connectivity index (χ4n) is 2.43. The van der Waals surface area contributed by atoms with E-state index in [0.717, 1.165) is 31.2 Å². The number of hydrogen-bond acceptors (Lipinski definition) is 2. The van der Waals surface area contributed by atoms with Gasteiger partial charge in [0, 0.05) is 17.6 Å². The molecule has 1 aliphatic carbocycles. The Morgan fingerprint density at radius 3 is 2.70 bits per heavy atom. The molecule has 4 heteroatoms. The van der Waals surface area contributed by atoms with Crippen LogP contribution in [-0.4, -0.2) is 23.7 Å². The highest BCUT2D eigenvalue weighted by atomic mass is 35.5. The largest absolute Gasteiger partial charge is 0.393 e. The molecule has 0 unspecified atom stereocenters. The monoisotopic (exact) mass is 293 g/mol. The van der Waals surface area contributed by atoms with E-state index in [1.807, 2.05) is 18.2 Å². The minimum absolute atomic E-state index is 0.101. The smallest absolute Gasteiger partial charge is 0.244 e. The second-order valence-electron chi connectivity index (χ2n) is 5.27. The Kier molecular flexibility index (Phi) is 5.62. The first-order valence-electron chi connectivity index (χ1n) is 7.03. The van der Waals surface area contributed by atoms with Crippen molar-refractivity contribution in [2.45, 2.75) is 31.8 Å². The first-order valence-corrected chi connectivity index (χ1v) is 7.41. The van der Waals surface area contributed by atoms with E-state index in [-0.39, 0.29) is 12.0 Å². The number of aliphatic hydroxyl groups is 1. The predicted molar refractivity (Wildman–Crippen MR) is 81.5 cm³/mol. The van der Waals surface area contributed by atoms with Crippen molar-refractivity contribution >= 4 is 23.6 Å². The molecule has 0 saturated heterocycles. The summed E-state index contributed by atoms with van der Waals surface area (Å²) in [5, 5.41) is 13.0. The Hall–Kier alpha value is -1.32. The topological polar surface area (TPSA) is 49.3 Å². The molecule has 1 amide bonds. The van der Waals surface area contributed by atoms with Crippen LogP contribution in [0.4, 0.5) is 0 Å². The standard InChI is InChI=1S/C16H20ClNO2/c17-15-4-2-1-3-13(15)7-10-16(20)18-11-12-5-8-14(19)9-6-12/h1-4,7,10,12,14,19H,5-6,8-9,11H2,(H,18,20)/b10-7+. The van der Waals surface area contributed by atoms with Crippen LogP contribution < -0.4 is 5.32 Å². The van der Waals surface area contributed by atoms with Crippen molar-refractivity contribution in [1.82, 2.24) is 5.32 Å². The number of aliphatic hydroxyl groups excluding tert-OH is 1. The van der Waals surface area contributed by atoms with E-state index in [1.54, 1.807) is 12.1 Å². The third-order valence-electron chi connectivity index (χ3n) is 3.70. The molecule has 2 N–H and O–H groups in total. The summed E-state index contributed by atoms with van der Waals surface area (Å²) in [4.78, 5) is 11.7. The summed E-state index contributed by atoms with van der Waals surface area (Å²) in [6.45, 7) is 0.679. The lowest BCUT2D eigenvalue weighted by molar-refractivity contribution is -0.116. The maximum atomic E-state index is 11.7. The van der Waals surface area contributed by atoms with Crippen molar-refractivity contribution in [2.75, 3.05) is 6.54 Å². The number of carbonyl (C=O) groups is 1. The first kappa shape index (κ1) is 15.1. The van der Waals surface area contributed by atoms with Gasteiger partial charge in [-0.3, -0.25) is 4.79 Å². The molecular formula is C16H20ClNO2. The lowest BCUT2D eigenvalue weighted by atomic mass is 9.87. The van der Waals surface area contributed by atoms with Gasteiger partial charge in [0.2, 0.25) is 5.91 Å². The number of benzene rings is 1. The second kappa shape index (κ2) is 7.46. The van der Waals surface area contributed by atoms with Crippen LogP contribution in [0.5, 0.6) is 0 Å². The molecule has 20 heavy (non-hydrogen) atoms. The van der Waals surface area contributed by atoms with Gasteiger partial charge in [-0.1, -0.05) is 29.8 Å². The van der Waals surface area contributed by atoms with Gasteiger partial charge in [0.25, 0.3) is 0 Å². The number of carbonyl (C=O) groups excluding carboxylic acids is 1. The zero-order valence-electron chi connectivity index (χ0n) is 11.4. The van der Waals surface area contributed by atoms with Gasteiger partial charge in [-0.05, 0) is 49.3 Å². The quantitative estimate of drug-likeness (QED) is 0.839. The van der Waals surface area contributed by atoms with Crippen LogP contribution in [0, 0.1) is 5.92 Å². The summed E-state index contributed by atoms with van der Waals surface area (Å²) in [6.07, 6.45) is 6.74. The summed E-state index contributed by atoms with van der Waals surface area (Å²) in [7, 11) is 0. The van der Waals surface area contributed by atoms with Gasteiger partial charge in [-0.15, -0.1) is 0 Å². The Balaban J connectivity index is 1.77. The maximum Gasteiger partial charge on any atom is 0.244 e. The average Bonchev–Trinajstić information content (AvgIpc) is 2.46. The SMILES string of the molecule is O=C(/C=C/c1ccccc1Cl)NCC1CCC(O)CC1. The highest BCUT2D eigenvalue weighted by molar-refractivity contribution is 6.32. The third-order valence-corrected chi connectivity index (χ3v) is 4.04. The van der Waals surface area contributed by atoms with Gasteiger partial charge < -0.3 is 10.4 Å². The molecule has 0 aromatic heterocycles. The lowest BCUT2D eigenvalue weighted by Crippen LogP contribution is -2.31. The molecule has 0 bridgehead atoms. The summed E-state index contributed by atoms with van der Waals surface area (Å²) in [5.41, 5.74) is 0.838. The van der Waals surface area contributed by atoms with Crippen molar-refractivity contribution < 1.29 is 9.90 Å². The molecule has 0 atom stereocenters. The number of rotatable bonds is 4. The molecule has 0 radical (unpaired) electrons. The van der Waals surface area contributed by atoms with E-state index in [1.165, 1.54) is 6.08 Å². The van der Waals surface area contributed by atoms with Gasteiger partial charge in [-0.25, -0.2) is 0 Å². The summed E-state index contributed by atoms with van der Waals surface area (Å²) < 4.78 is 0. The molecule has 0 spiro atoms. The molecular weight excluding hydrogens is 274 g/mol. The average molecular weight is 294 g/mol. The number of halogens is 1. The van der Waals surface area contributed by atoms with Crippen LogP contribution in [0.2, 0.25) is 5.02 Å². The first-order chi connectivity index (χ1) is 9.65. The van der Waals surface area contributed by atoms with Gasteiger partial charge >= 0.3 is 0 Å². The van der Waals surface area contributed by atoms with Crippen molar-refractivity contribution in [3.8, 4) is 0 Å². The maximum absolute atomic E-state index is 11.7. The summed E-state index contributed by atoms with van der Waals surface area (Å²) in [5.74, 6) is 0.382. The zero-order chi connectivity index (χ0) is 14.4. The van der Waals surface area contributed by atoms with E-state index < -0.39 is 0 Å². The van der Waals surface area contributed by atoms with Gasteiger partial charge in [0.15, 0.2) is 0 Å². The van der Waals surface area contributed by atoms with Crippen LogP contribution in [0.3, 0.4) is 0 Å². The second-order valence-corrected chi connectivity index (χ2v) is 5.68. The number of hydrogen-bond donors (Lipinski definition) is 2. The Bertz CT molecular complexity index is 479. The molecule has 1 saturated carbocycles. The molecule has 2 rings (SSSR count). The zero-order valence-corrected chi connectivity index (χ0v) is 12.1. The predicted octanol–water partition coefficient (Wildman–Crippen LogP) is 3.02. The van der Waals surface area contributed by atoms with Crippen LogP contribution in [0.15, 0.2) is 30.3 Å². The molecule has 1 fully saturated rings. The molecule has 1 aromatic carbocycles. The summed E-state index contributed by atoms with van der Waals surface area (Å²) in [6, 6.07) is 7.41. The van der Waals surface area contributed by atoms with Gasteiger partial charge in [-0.2, -0.15) is 0 Å². The minimum atomic E-state index is -0.151. The van der Waals surface area contributed by atoms with E-state index in [9.17, 15) is 9.90 Å². The highest BCUT2D eigenvalue weighted by Gasteiger charge is 2.19. The van der Waals surface area contributed by atoms with Crippen LogP contribution in [-0.2, 0) is 4.79 Å². The minimum Gasteiger partial charge on any atom is -0.393 e. The Labute approximate surface area is 124 Å². The molecule has 0 heterocycles. The molecule has 3 nitrogen and oxygen atoms in total. The van der Waals surface area contributed by atoms with Gasteiger partial charge in [0.05, 0.1) is 6.10 Å². The van der Waals surface area contributed by atoms with Crippen molar-refractivity contribution in [3.63, 3.8) is 0 Å². The van der Waals surface area contributed by atoms with Crippen LogP contribution in [0.25, 0.3) is 6.08 Å². The number of nitrogens with one attached hydrogen (secondary N) is 1. The molecule has 1 aromatic rings. The van der Waals surface area contributed by atoms with Crippen LogP contribution >= 0.6 is 11.6 Å². The lowest BCUT2D eigenvalue weighted by Gasteiger charge is -2.25. The van der Waals surface area contributed by atoms with Crippen molar-refractivity contribution in [3.05, 3.63) is 40.9 Å². The number of amides is 1. The van der Waals surface area contributed by atoms with E-state index >= 15 is 0 Å². The molecule has 1 aliphatic rings. The van der Waals surface area contributed by atoms with E-state index in [0.29, 0.717) is 17.5 Å². The molecule has 0 aliphatic heterocycles. The highest BCUT2D eigenvalue weighted by Crippen LogP contribution is 2.23. The van der Waals surface area contributed by atoms with E-state index in [4.69, 9.17) is 11.6 Å². The van der Waals surface area contributed by atoms with Gasteiger partial charge in [0.1, 0.15) is 0 Å². The normalized spacial score (nSPS) is 22.9. The van der Waals surface area contributed by atoms with E-state index in [2.05, 4.69) is 5.32 Å². The fourth-order valence-corrected chi connectivity index (χ4v) is 2.63. The third kappa shape index (κ3) is 4.66. The summed E-state index contributed by atoms with van der Waals surface area (Å²) >= 11 is 6.01. The Morgan fingerprint density at radius 2 is 2.00 bits per heavy atom.